The number of halogens is 1. The van der Waals surface area contributed by atoms with E-state index in [0.29, 0.717) is 12.6 Å². The summed E-state index contributed by atoms with van der Waals surface area (Å²) in [5.41, 5.74) is 7.36. The minimum Gasteiger partial charge on any atom is -0.395 e. The van der Waals surface area contributed by atoms with Gasteiger partial charge in [-0.2, -0.15) is 0 Å². The average molecular weight is 280 g/mol. The Balaban J connectivity index is 2.26. The Morgan fingerprint density at radius 1 is 1.35 bits per heavy atom. The molecule has 0 saturated heterocycles. The highest BCUT2D eigenvalue weighted by Gasteiger charge is 2.33. The molecule has 1 aliphatic rings. The van der Waals surface area contributed by atoms with Crippen LogP contribution in [0.2, 0.25) is 0 Å². The Kier molecular flexibility index (Phi) is 5.52. The van der Waals surface area contributed by atoms with E-state index >= 15 is 0 Å². The maximum absolute atomic E-state index is 13.1. The van der Waals surface area contributed by atoms with E-state index < -0.39 is 0 Å². The van der Waals surface area contributed by atoms with Crippen molar-refractivity contribution in [3.8, 4) is 0 Å². The molecule has 1 aromatic carbocycles. The molecule has 0 aliphatic heterocycles. The van der Waals surface area contributed by atoms with E-state index in [9.17, 15) is 9.50 Å². The molecule has 0 amide bonds. The summed E-state index contributed by atoms with van der Waals surface area (Å²) in [6, 6.07) is 7.16. The normalized spacial score (nSPS) is 18.9. The van der Waals surface area contributed by atoms with Gasteiger partial charge in [0.05, 0.1) is 12.6 Å². The summed E-state index contributed by atoms with van der Waals surface area (Å²) in [4.78, 5) is 2.31. The SMILES string of the molecule is CCC(N)C(c1ccc(F)cc1)N(CCO)C1CCC1. The number of aliphatic hydroxyl groups is 1. The zero-order chi connectivity index (χ0) is 14.5. The predicted octanol–water partition coefficient (Wildman–Crippen LogP) is 2.45. The number of hydrogen-bond acceptors (Lipinski definition) is 3. The minimum absolute atomic E-state index is 0.00684. The molecule has 0 heterocycles. The van der Waals surface area contributed by atoms with Crippen LogP contribution in [0.3, 0.4) is 0 Å². The zero-order valence-corrected chi connectivity index (χ0v) is 12.1. The first-order valence-corrected chi connectivity index (χ1v) is 7.55. The third-order valence-electron chi connectivity index (χ3n) is 4.35. The fourth-order valence-electron chi connectivity index (χ4n) is 2.95. The Hall–Kier alpha value is -0.970. The van der Waals surface area contributed by atoms with Crippen LogP contribution in [0.15, 0.2) is 24.3 Å². The Morgan fingerprint density at radius 3 is 2.45 bits per heavy atom. The molecule has 0 aromatic heterocycles. The van der Waals surface area contributed by atoms with Crippen molar-refractivity contribution < 1.29 is 9.50 Å². The fraction of sp³-hybridized carbons (Fsp3) is 0.625. The van der Waals surface area contributed by atoms with Gasteiger partial charge in [0.25, 0.3) is 0 Å². The van der Waals surface area contributed by atoms with E-state index in [4.69, 9.17) is 5.73 Å². The zero-order valence-electron chi connectivity index (χ0n) is 12.1. The van der Waals surface area contributed by atoms with Gasteiger partial charge in [0.2, 0.25) is 0 Å². The molecule has 112 valence electrons. The van der Waals surface area contributed by atoms with Gasteiger partial charge in [0, 0.05) is 18.6 Å². The monoisotopic (exact) mass is 280 g/mol. The van der Waals surface area contributed by atoms with Gasteiger partial charge in [0.15, 0.2) is 0 Å². The minimum atomic E-state index is -0.227. The predicted molar refractivity (Wildman–Crippen MR) is 78.8 cm³/mol. The van der Waals surface area contributed by atoms with E-state index in [-0.39, 0.29) is 24.5 Å². The molecule has 2 unspecified atom stereocenters. The molecular weight excluding hydrogens is 255 g/mol. The van der Waals surface area contributed by atoms with E-state index in [0.717, 1.165) is 24.8 Å². The molecule has 3 N–H and O–H groups in total. The largest absolute Gasteiger partial charge is 0.395 e. The summed E-state index contributed by atoms with van der Waals surface area (Å²) in [6.07, 6.45) is 4.42. The second-order valence-electron chi connectivity index (χ2n) is 5.61. The number of benzene rings is 1. The molecule has 20 heavy (non-hydrogen) atoms. The third kappa shape index (κ3) is 3.37. The second kappa shape index (κ2) is 7.16. The van der Waals surface area contributed by atoms with Crippen LogP contribution in [0.4, 0.5) is 4.39 Å². The van der Waals surface area contributed by atoms with Gasteiger partial charge in [-0.25, -0.2) is 4.39 Å². The van der Waals surface area contributed by atoms with Crippen molar-refractivity contribution in [3.63, 3.8) is 0 Å². The van der Waals surface area contributed by atoms with Crippen LogP contribution >= 0.6 is 0 Å². The highest BCUT2D eigenvalue weighted by molar-refractivity contribution is 5.22. The van der Waals surface area contributed by atoms with Gasteiger partial charge in [-0.05, 0) is 37.0 Å². The van der Waals surface area contributed by atoms with Crippen LogP contribution in [-0.2, 0) is 0 Å². The summed E-state index contributed by atoms with van der Waals surface area (Å²) < 4.78 is 13.1. The van der Waals surface area contributed by atoms with Crippen LogP contribution in [0.5, 0.6) is 0 Å². The van der Waals surface area contributed by atoms with Crippen LogP contribution in [-0.4, -0.2) is 35.2 Å². The van der Waals surface area contributed by atoms with Gasteiger partial charge >= 0.3 is 0 Å². The lowest BCUT2D eigenvalue weighted by Gasteiger charge is -2.44. The van der Waals surface area contributed by atoms with Crippen LogP contribution in [0, 0.1) is 5.82 Å². The van der Waals surface area contributed by atoms with Crippen LogP contribution in [0.25, 0.3) is 0 Å². The average Bonchev–Trinajstić information content (AvgIpc) is 2.39. The molecule has 2 rings (SSSR count). The lowest BCUT2D eigenvalue weighted by atomic mass is 9.87. The summed E-state index contributed by atoms with van der Waals surface area (Å²) in [5.74, 6) is -0.227. The number of hydrogen-bond donors (Lipinski definition) is 2. The molecule has 1 aromatic rings. The summed E-state index contributed by atoms with van der Waals surface area (Å²) in [6.45, 7) is 2.82. The lowest BCUT2D eigenvalue weighted by Crippen LogP contribution is -2.49. The molecule has 4 heteroatoms. The summed E-state index contributed by atoms with van der Waals surface area (Å²) in [7, 11) is 0. The molecule has 0 bridgehead atoms. The quantitative estimate of drug-likeness (QED) is 0.806. The number of aliphatic hydroxyl groups excluding tert-OH is 1. The van der Waals surface area contributed by atoms with Crippen molar-refractivity contribution >= 4 is 0 Å². The number of nitrogens with zero attached hydrogens (tertiary/aromatic N) is 1. The van der Waals surface area contributed by atoms with Gasteiger partial charge in [-0.3, -0.25) is 4.90 Å². The number of rotatable bonds is 7. The molecule has 1 fully saturated rings. The van der Waals surface area contributed by atoms with Gasteiger partial charge in [-0.15, -0.1) is 0 Å². The van der Waals surface area contributed by atoms with E-state index in [2.05, 4.69) is 11.8 Å². The van der Waals surface area contributed by atoms with E-state index in [1.807, 2.05) is 12.1 Å². The van der Waals surface area contributed by atoms with Crippen molar-refractivity contribution in [1.29, 1.82) is 0 Å². The molecule has 2 atom stereocenters. The van der Waals surface area contributed by atoms with Gasteiger partial charge in [-0.1, -0.05) is 25.5 Å². The first kappa shape index (κ1) is 15.4. The van der Waals surface area contributed by atoms with Crippen molar-refractivity contribution in [2.45, 2.75) is 50.7 Å². The standard InChI is InChI=1S/C16H25FN2O/c1-2-15(18)16(12-6-8-13(17)9-7-12)19(10-11-20)14-4-3-5-14/h6-9,14-16,20H,2-5,10-11,18H2,1H3. The molecule has 0 radical (unpaired) electrons. The lowest BCUT2D eigenvalue weighted by molar-refractivity contribution is 0.0473. The van der Waals surface area contributed by atoms with Gasteiger partial charge in [0.1, 0.15) is 5.82 Å². The molecule has 1 saturated carbocycles. The summed E-state index contributed by atoms with van der Waals surface area (Å²) in [5, 5.41) is 9.36. The van der Waals surface area contributed by atoms with E-state index in [1.165, 1.54) is 18.6 Å². The number of nitrogens with two attached hydrogens (primary N) is 1. The second-order valence-corrected chi connectivity index (χ2v) is 5.61. The van der Waals surface area contributed by atoms with Crippen molar-refractivity contribution in [2.75, 3.05) is 13.2 Å². The van der Waals surface area contributed by atoms with E-state index in [1.54, 1.807) is 0 Å². The Bertz CT molecular complexity index is 405. The van der Waals surface area contributed by atoms with Crippen LogP contribution in [0.1, 0.15) is 44.2 Å². The summed E-state index contributed by atoms with van der Waals surface area (Å²) >= 11 is 0. The first-order valence-electron chi connectivity index (χ1n) is 7.55. The highest BCUT2D eigenvalue weighted by Crippen LogP contribution is 2.34. The van der Waals surface area contributed by atoms with Gasteiger partial charge < -0.3 is 10.8 Å². The smallest absolute Gasteiger partial charge is 0.123 e. The van der Waals surface area contributed by atoms with Crippen LogP contribution < -0.4 is 5.73 Å². The highest BCUT2D eigenvalue weighted by atomic mass is 19.1. The Morgan fingerprint density at radius 2 is 2.00 bits per heavy atom. The molecule has 3 nitrogen and oxygen atoms in total. The van der Waals surface area contributed by atoms with Crippen molar-refractivity contribution in [1.82, 2.24) is 4.90 Å². The van der Waals surface area contributed by atoms with Crippen molar-refractivity contribution in [2.24, 2.45) is 5.73 Å². The fourth-order valence-corrected chi connectivity index (χ4v) is 2.95. The Labute approximate surface area is 120 Å². The molecule has 0 spiro atoms. The third-order valence-corrected chi connectivity index (χ3v) is 4.35. The molecular formula is C16H25FN2O. The maximum Gasteiger partial charge on any atom is 0.123 e. The van der Waals surface area contributed by atoms with Crippen molar-refractivity contribution in [3.05, 3.63) is 35.6 Å². The topological polar surface area (TPSA) is 49.5 Å². The molecule has 1 aliphatic carbocycles. The maximum atomic E-state index is 13.1. The first-order chi connectivity index (χ1) is 9.67.